The number of hydrogen-bond acceptors (Lipinski definition) is 10. The smallest absolute Gasteiger partial charge is 0.870 e. The third kappa shape index (κ3) is 36.9. The van der Waals surface area contributed by atoms with Gasteiger partial charge < -0.3 is 76.1 Å². The first-order valence-electron chi connectivity index (χ1n) is 15.0. The maximum atomic E-state index is 10.1. The van der Waals surface area contributed by atoms with Gasteiger partial charge in [-0.25, -0.2) is 0 Å². The van der Waals surface area contributed by atoms with Gasteiger partial charge in [-0.05, 0) is 37.5 Å². The minimum Gasteiger partial charge on any atom is -0.870 e. The van der Waals surface area contributed by atoms with E-state index in [-0.39, 0.29) is 78.8 Å². The molecule has 0 spiro atoms. The monoisotopic (exact) mass is 890 g/mol. The second-order valence-corrected chi connectivity index (χ2v) is 8.94. The van der Waals surface area contributed by atoms with E-state index in [4.69, 9.17) is 0 Å². The Hall–Kier alpha value is -4.86. The number of hydrogen-bond donors (Lipinski definition) is 1. The first-order valence-corrected chi connectivity index (χ1v) is 15.0. The molecule has 303 valence electrons. The van der Waals surface area contributed by atoms with E-state index >= 15 is 0 Å². The van der Waals surface area contributed by atoms with Crippen LogP contribution in [0.5, 0.6) is 0 Å². The predicted molar refractivity (Wildman–Crippen MR) is 183 cm³/mol. The zero-order valence-electron chi connectivity index (χ0n) is 29.5. The third-order valence-corrected chi connectivity index (χ3v) is 5.64. The Kier molecular flexibility index (Phi) is 50.2. The molecule has 0 bridgehead atoms. The molecule has 0 fully saturated rings. The summed E-state index contributed by atoms with van der Waals surface area (Å²) in [6.45, 7) is 10.5. The summed E-state index contributed by atoms with van der Waals surface area (Å²) in [5.41, 5.74) is 0.660. The predicted octanol–water partition coefficient (Wildman–Crippen LogP) is -0.811. The molecule has 15 nitrogen and oxygen atoms in total. The van der Waals surface area contributed by atoms with Crippen LogP contribution in [0.3, 0.4) is 0 Å². The molecule has 0 atom stereocenters. The summed E-state index contributed by atoms with van der Waals surface area (Å²) in [5, 5.41) is 51.1. The normalized spacial score (nSPS) is 8.00. The third-order valence-electron chi connectivity index (χ3n) is 5.64. The van der Waals surface area contributed by atoms with Gasteiger partial charge in [-0.15, -0.1) is 0 Å². The van der Waals surface area contributed by atoms with Gasteiger partial charge in [0, 0.05) is 18.6 Å². The molecule has 6 rings (SSSR count). The second kappa shape index (κ2) is 44.3. The minimum absolute atomic E-state index is 0. The number of nitrogens with zero attached hydrogens (tertiary/aromatic N) is 6. The second-order valence-electron chi connectivity index (χ2n) is 8.94. The van der Waals surface area contributed by atoms with Gasteiger partial charge in [0.25, 0.3) is 0 Å². The van der Waals surface area contributed by atoms with Crippen LogP contribution in [0.15, 0.2) is 146 Å². The van der Waals surface area contributed by atoms with Crippen LogP contribution >= 0.6 is 0 Å². The fourth-order valence-electron chi connectivity index (χ4n) is 3.05. The average molecular weight is 892 g/mol. The number of carbonyl (C=O) groups is 3. The number of aromatic carboxylic acids is 3. The van der Waals surface area contributed by atoms with Crippen molar-refractivity contribution in [1.82, 2.24) is 30.6 Å². The van der Waals surface area contributed by atoms with Crippen LogP contribution in [0, 0.1) is 0 Å². The van der Waals surface area contributed by atoms with E-state index in [1.165, 1.54) is 56.0 Å². The van der Waals surface area contributed by atoms with Crippen molar-refractivity contribution >= 4 is 17.9 Å². The quantitative estimate of drug-likeness (QED) is 0.201. The van der Waals surface area contributed by atoms with Gasteiger partial charge in [0.2, 0.25) is 0 Å². The average Bonchev–Trinajstić information content (AvgIpc) is 3.99. The Morgan fingerprint density at radius 3 is 0.778 bits per heavy atom. The topological polar surface area (TPSA) is 267 Å². The summed E-state index contributed by atoms with van der Waals surface area (Å²) < 4.78 is 0. The van der Waals surface area contributed by atoms with Gasteiger partial charge in [-0.1, -0.05) is 109 Å². The first-order chi connectivity index (χ1) is 23.8. The summed E-state index contributed by atoms with van der Waals surface area (Å²) in [6.07, 6.45) is 9.83. The first kappa shape index (κ1) is 61.2. The summed E-state index contributed by atoms with van der Waals surface area (Å²) in [6, 6.07) is 29.5. The van der Waals surface area contributed by atoms with Crippen LogP contribution in [0.2, 0.25) is 0 Å². The standard InChI is InChI=1S/3C7H6O2.C6H15N.3C3H3N2.3Cu.2H2O/c3*8-7(9)6-4-2-1-3-5-6;1-4-7(5-2)6-3;3*1-2-4-5-3-1;;;;;/h3*1-5H,(H,8,9);4-6H2,1-3H3;3*1-3H;;;;2*1H2/q;;;;3*-1;3*+2;;/p-3. The Bertz CT molecular complexity index is 1320. The molecule has 0 amide bonds. The fourth-order valence-corrected chi connectivity index (χ4v) is 3.05. The van der Waals surface area contributed by atoms with Crippen molar-refractivity contribution < 1.29 is 96.8 Å². The zero-order chi connectivity index (χ0) is 36.4. The number of benzene rings is 3. The molecule has 0 aliphatic rings. The van der Waals surface area contributed by atoms with Crippen molar-refractivity contribution in [2.75, 3.05) is 19.6 Å². The van der Waals surface area contributed by atoms with E-state index in [1.807, 2.05) is 0 Å². The molecular formula is C36H43Cu3N7O8. The van der Waals surface area contributed by atoms with Crippen molar-refractivity contribution in [3.05, 3.63) is 163 Å². The molecule has 3 radical (unpaired) electrons. The van der Waals surface area contributed by atoms with E-state index in [1.54, 1.807) is 115 Å². The summed E-state index contributed by atoms with van der Waals surface area (Å²) in [7, 11) is 0. The van der Waals surface area contributed by atoms with Gasteiger partial charge in [-0.3, -0.25) is 0 Å². The van der Waals surface area contributed by atoms with Crippen LogP contribution in [0.1, 0.15) is 51.8 Å². The largest absolute Gasteiger partial charge is 2.00 e. The van der Waals surface area contributed by atoms with Crippen molar-refractivity contribution in [3.63, 3.8) is 0 Å². The van der Waals surface area contributed by atoms with Crippen LogP contribution in [-0.4, -0.2) is 63.8 Å². The summed E-state index contributed by atoms with van der Waals surface area (Å²) in [5.74, 6) is -3.39. The molecular weight excluding hydrogens is 849 g/mol. The van der Waals surface area contributed by atoms with Gasteiger partial charge in [-0.2, -0.15) is 18.6 Å². The Balaban J connectivity index is -0.000000124. The van der Waals surface area contributed by atoms with Crippen LogP contribution in [0.4, 0.5) is 0 Å². The molecule has 3 aromatic carbocycles. The Morgan fingerprint density at radius 2 is 0.704 bits per heavy atom. The van der Waals surface area contributed by atoms with Gasteiger partial charge >= 0.3 is 51.2 Å². The molecule has 6 aromatic rings. The molecule has 0 aliphatic carbocycles. The minimum atomic E-state index is -1.13. The zero-order valence-corrected chi connectivity index (χ0v) is 32.3. The van der Waals surface area contributed by atoms with Crippen molar-refractivity contribution in [2.24, 2.45) is 0 Å². The van der Waals surface area contributed by atoms with Gasteiger partial charge in [0.15, 0.2) is 0 Å². The molecule has 3 heterocycles. The van der Waals surface area contributed by atoms with E-state index in [0.29, 0.717) is 0 Å². The SMILES string of the molecule is CC[NH+](CC)CC.O.O=C([O-])c1ccccc1.O=C([O-])c1ccccc1.O=C([O-])c1ccccc1.[Cu+2].[Cu+2].[Cu+2].[OH-].c1cn[n-]c1.c1cn[n-]c1.c1cn[n-]c1. The van der Waals surface area contributed by atoms with E-state index in [9.17, 15) is 29.7 Å². The van der Waals surface area contributed by atoms with Crippen LogP contribution in [0.25, 0.3) is 0 Å². The van der Waals surface area contributed by atoms with Crippen molar-refractivity contribution in [1.29, 1.82) is 0 Å². The molecule has 0 aliphatic heterocycles. The van der Waals surface area contributed by atoms with Gasteiger partial charge in [0.1, 0.15) is 0 Å². The fraction of sp³-hybridized carbons (Fsp3) is 0.167. The molecule has 4 N–H and O–H groups in total. The molecule has 3 aromatic heterocycles. The number of rotatable bonds is 6. The maximum absolute atomic E-state index is 10.1. The Labute approximate surface area is 347 Å². The molecule has 0 saturated heterocycles. The number of aromatic nitrogens is 6. The van der Waals surface area contributed by atoms with Crippen molar-refractivity contribution in [2.45, 2.75) is 20.8 Å². The van der Waals surface area contributed by atoms with Crippen molar-refractivity contribution in [3.8, 4) is 0 Å². The number of carbonyl (C=O) groups excluding carboxylic acids is 3. The summed E-state index contributed by atoms with van der Waals surface area (Å²) in [4.78, 5) is 32.0. The molecule has 54 heavy (non-hydrogen) atoms. The number of quaternary nitrogens is 1. The number of carboxylic acids is 3. The van der Waals surface area contributed by atoms with Crippen LogP contribution < -0.4 is 35.5 Å². The van der Waals surface area contributed by atoms with E-state index in [0.717, 1.165) is 0 Å². The summed E-state index contributed by atoms with van der Waals surface area (Å²) >= 11 is 0. The van der Waals surface area contributed by atoms with E-state index < -0.39 is 17.9 Å². The maximum Gasteiger partial charge on any atom is 2.00 e. The molecule has 0 saturated carbocycles. The number of carboxylic acid groups (broad SMARTS) is 3. The van der Waals surface area contributed by atoms with Crippen LogP contribution in [-0.2, 0) is 51.2 Å². The number of nitrogens with one attached hydrogen (secondary N) is 1. The molecule has 0 unspecified atom stereocenters. The molecule has 18 heteroatoms. The van der Waals surface area contributed by atoms with Gasteiger partial charge in [0.05, 0.1) is 37.5 Å². The van der Waals surface area contributed by atoms with E-state index in [2.05, 4.69) is 51.4 Å². The Morgan fingerprint density at radius 1 is 0.481 bits per heavy atom.